The zero-order valence-electron chi connectivity index (χ0n) is 18.6. The second-order valence-electron chi connectivity index (χ2n) is 10.3. The number of nitrogens with zero attached hydrogens (tertiary/aromatic N) is 2. The number of benzene rings is 1. The first-order valence-electron chi connectivity index (χ1n) is 11.5. The molecule has 0 aromatic heterocycles. The van der Waals surface area contributed by atoms with Crippen LogP contribution >= 0.6 is 0 Å². The Hall–Kier alpha value is -2.58. The molecule has 8 nitrogen and oxygen atoms in total. The Bertz CT molecular complexity index is 996. The SMILES string of the molecule is CC1(C)CNC1C1CCN(Cc2ccc3c(c2)C(=O)N(C2CCC(=O)NC2=O)C3=O)CC1. The van der Waals surface area contributed by atoms with Gasteiger partial charge in [0, 0.05) is 25.6 Å². The number of nitrogens with one attached hydrogen (secondary N) is 2. The quantitative estimate of drug-likeness (QED) is 0.688. The van der Waals surface area contributed by atoms with Crippen molar-refractivity contribution in [2.75, 3.05) is 19.6 Å². The van der Waals surface area contributed by atoms with Gasteiger partial charge in [-0.15, -0.1) is 0 Å². The molecule has 2 unspecified atom stereocenters. The molecule has 0 radical (unpaired) electrons. The lowest BCUT2D eigenvalue weighted by atomic mass is 9.68. The predicted molar refractivity (Wildman–Crippen MR) is 117 cm³/mol. The molecule has 0 spiro atoms. The highest BCUT2D eigenvalue weighted by Gasteiger charge is 2.45. The fraction of sp³-hybridized carbons (Fsp3) is 0.583. The van der Waals surface area contributed by atoms with Crippen LogP contribution in [0.2, 0.25) is 0 Å². The molecule has 4 heterocycles. The van der Waals surface area contributed by atoms with Crippen LogP contribution in [0.5, 0.6) is 0 Å². The Balaban J connectivity index is 1.24. The van der Waals surface area contributed by atoms with Crippen molar-refractivity contribution in [2.24, 2.45) is 11.3 Å². The topological polar surface area (TPSA) is 98.8 Å². The number of fused-ring (bicyclic) bond motifs is 1. The average Bonchev–Trinajstić information content (AvgIpc) is 2.99. The number of rotatable bonds is 4. The Kier molecular flexibility index (Phi) is 5.17. The van der Waals surface area contributed by atoms with Gasteiger partial charge in [-0.2, -0.15) is 0 Å². The Labute approximate surface area is 187 Å². The predicted octanol–water partition coefficient (Wildman–Crippen LogP) is 1.30. The van der Waals surface area contributed by atoms with Gasteiger partial charge in [-0.25, -0.2) is 0 Å². The van der Waals surface area contributed by atoms with Crippen molar-refractivity contribution in [2.45, 2.75) is 58.2 Å². The molecule has 0 aliphatic carbocycles. The maximum absolute atomic E-state index is 13.0. The van der Waals surface area contributed by atoms with Gasteiger partial charge in [0.15, 0.2) is 0 Å². The summed E-state index contributed by atoms with van der Waals surface area (Å²) in [4.78, 5) is 52.9. The van der Waals surface area contributed by atoms with Gasteiger partial charge < -0.3 is 5.32 Å². The summed E-state index contributed by atoms with van der Waals surface area (Å²) >= 11 is 0. The van der Waals surface area contributed by atoms with Gasteiger partial charge in [0.25, 0.3) is 11.8 Å². The van der Waals surface area contributed by atoms with E-state index in [1.807, 2.05) is 6.07 Å². The molecule has 2 N–H and O–H groups in total. The summed E-state index contributed by atoms with van der Waals surface area (Å²) in [6.45, 7) is 8.54. The highest BCUT2D eigenvalue weighted by Crippen LogP contribution is 2.37. The highest BCUT2D eigenvalue weighted by molar-refractivity contribution is 6.23. The molecule has 4 amide bonds. The van der Waals surface area contributed by atoms with Crippen LogP contribution in [-0.2, 0) is 16.1 Å². The van der Waals surface area contributed by atoms with Crippen LogP contribution in [0.4, 0.5) is 0 Å². The molecule has 0 saturated carbocycles. The minimum Gasteiger partial charge on any atom is -0.313 e. The van der Waals surface area contributed by atoms with Crippen LogP contribution in [0.1, 0.15) is 65.8 Å². The van der Waals surface area contributed by atoms with Crippen molar-refractivity contribution < 1.29 is 19.2 Å². The van der Waals surface area contributed by atoms with Crippen LogP contribution in [-0.4, -0.2) is 65.1 Å². The van der Waals surface area contributed by atoms with E-state index >= 15 is 0 Å². The van der Waals surface area contributed by atoms with E-state index in [1.165, 1.54) is 0 Å². The van der Waals surface area contributed by atoms with Crippen molar-refractivity contribution in [1.29, 1.82) is 0 Å². The van der Waals surface area contributed by atoms with Gasteiger partial charge in [-0.3, -0.25) is 34.3 Å². The second kappa shape index (κ2) is 7.78. The molecule has 1 aromatic rings. The highest BCUT2D eigenvalue weighted by atomic mass is 16.2. The number of likely N-dealkylation sites (tertiary alicyclic amines) is 1. The van der Waals surface area contributed by atoms with E-state index in [1.54, 1.807) is 12.1 Å². The van der Waals surface area contributed by atoms with Gasteiger partial charge in [-0.05, 0) is 61.4 Å². The molecule has 3 fully saturated rings. The summed E-state index contributed by atoms with van der Waals surface area (Å²) < 4.78 is 0. The zero-order valence-corrected chi connectivity index (χ0v) is 18.6. The van der Waals surface area contributed by atoms with Gasteiger partial charge in [0.1, 0.15) is 6.04 Å². The molecule has 170 valence electrons. The van der Waals surface area contributed by atoms with E-state index in [4.69, 9.17) is 0 Å². The number of hydrogen-bond donors (Lipinski definition) is 2. The fourth-order valence-corrected chi connectivity index (χ4v) is 5.75. The maximum atomic E-state index is 13.0. The normalized spacial score (nSPS) is 28.5. The standard InChI is InChI=1S/C24H30N4O4/c1-24(2)13-25-20(24)15-7-9-27(10-8-15)12-14-3-4-16-17(11-14)23(32)28(22(16)31)18-5-6-19(29)26-21(18)30/h3-4,11,15,18,20,25H,5-10,12-13H2,1-2H3,(H,26,29,30). The molecular weight excluding hydrogens is 408 g/mol. The summed E-state index contributed by atoms with van der Waals surface area (Å²) in [5, 5.41) is 5.83. The summed E-state index contributed by atoms with van der Waals surface area (Å²) in [7, 11) is 0. The fourth-order valence-electron chi connectivity index (χ4n) is 5.75. The first kappa shape index (κ1) is 21.3. The number of hydrogen-bond acceptors (Lipinski definition) is 6. The molecule has 8 heteroatoms. The number of carbonyl (C=O) groups is 4. The smallest absolute Gasteiger partial charge is 0.262 e. The summed E-state index contributed by atoms with van der Waals surface area (Å²) in [5.74, 6) is -1.15. The Morgan fingerprint density at radius 3 is 2.34 bits per heavy atom. The largest absolute Gasteiger partial charge is 0.313 e. The molecule has 0 bridgehead atoms. The maximum Gasteiger partial charge on any atom is 0.262 e. The Morgan fingerprint density at radius 2 is 1.72 bits per heavy atom. The monoisotopic (exact) mass is 438 g/mol. The lowest BCUT2D eigenvalue weighted by Gasteiger charge is -2.51. The molecule has 4 aliphatic heterocycles. The molecule has 4 aliphatic rings. The van der Waals surface area contributed by atoms with Crippen LogP contribution < -0.4 is 10.6 Å². The van der Waals surface area contributed by atoms with Crippen LogP contribution in [0.25, 0.3) is 0 Å². The first-order valence-corrected chi connectivity index (χ1v) is 11.5. The van der Waals surface area contributed by atoms with Crippen molar-refractivity contribution >= 4 is 23.6 Å². The molecule has 32 heavy (non-hydrogen) atoms. The number of piperidine rings is 2. The third-order valence-corrected chi connectivity index (χ3v) is 7.63. The minimum atomic E-state index is -0.924. The van der Waals surface area contributed by atoms with Crippen LogP contribution in [0.15, 0.2) is 18.2 Å². The van der Waals surface area contributed by atoms with Crippen LogP contribution in [0.3, 0.4) is 0 Å². The molecule has 2 atom stereocenters. The van der Waals surface area contributed by atoms with Crippen LogP contribution in [0, 0.1) is 11.3 Å². The molecule has 3 saturated heterocycles. The molecular formula is C24H30N4O4. The summed E-state index contributed by atoms with van der Waals surface area (Å²) in [6, 6.07) is 5.08. The Morgan fingerprint density at radius 1 is 1.00 bits per heavy atom. The van der Waals surface area contributed by atoms with Gasteiger partial charge in [0.05, 0.1) is 11.1 Å². The lowest BCUT2D eigenvalue weighted by Crippen LogP contribution is -2.63. The second-order valence-corrected chi connectivity index (χ2v) is 10.3. The minimum absolute atomic E-state index is 0.124. The summed E-state index contributed by atoms with van der Waals surface area (Å²) in [5.41, 5.74) is 2.07. The number of imide groups is 2. The lowest BCUT2D eigenvalue weighted by molar-refractivity contribution is -0.136. The third kappa shape index (κ3) is 3.55. The van der Waals surface area contributed by atoms with Crippen molar-refractivity contribution in [3.63, 3.8) is 0 Å². The molecule has 1 aromatic carbocycles. The van der Waals surface area contributed by atoms with Gasteiger partial charge in [-0.1, -0.05) is 19.9 Å². The van der Waals surface area contributed by atoms with Crippen molar-refractivity contribution in [1.82, 2.24) is 20.4 Å². The zero-order chi connectivity index (χ0) is 22.6. The number of amides is 4. The van der Waals surface area contributed by atoms with Gasteiger partial charge in [0.2, 0.25) is 11.8 Å². The van der Waals surface area contributed by atoms with E-state index in [9.17, 15) is 19.2 Å². The first-order chi connectivity index (χ1) is 15.2. The number of carbonyl (C=O) groups excluding carboxylic acids is 4. The van der Waals surface area contributed by atoms with E-state index in [2.05, 4.69) is 29.4 Å². The van der Waals surface area contributed by atoms with E-state index in [-0.39, 0.29) is 18.7 Å². The van der Waals surface area contributed by atoms with E-state index < -0.39 is 23.8 Å². The van der Waals surface area contributed by atoms with E-state index in [0.29, 0.717) is 28.5 Å². The summed E-state index contributed by atoms with van der Waals surface area (Å²) in [6.07, 6.45) is 2.61. The van der Waals surface area contributed by atoms with Crippen molar-refractivity contribution in [3.8, 4) is 0 Å². The van der Waals surface area contributed by atoms with E-state index in [0.717, 1.165) is 49.5 Å². The average molecular weight is 439 g/mol. The van der Waals surface area contributed by atoms with Crippen molar-refractivity contribution in [3.05, 3.63) is 34.9 Å². The third-order valence-electron chi connectivity index (χ3n) is 7.63. The molecule has 5 rings (SSSR count). The van der Waals surface area contributed by atoms with Gasteiger partial charge >= 0.3 is 0 Å².